The first-order valence-electron chi connectivity index (χ1n) is 7.36. The monoisotopic (exact) mass is 312 g/mol. The van der Waals surface area contributed by atoms with Gasteiger partial charge in [-0.3, -0.25) is 4.90 Å². The topological polar surface area (TPSA) is 58.7 Å². The average molecular weight is 313 g/mol. The molecule has 1 aliphatic rings. The van der Waals surface area contributed by atoms with E-state index in [-0.39, 0.29) is 30.4 Å². The molecule has 3 unspecified atom stereocenters. The van der Waals surface area contributed by atoms with Gasteiger partial charge in [-0.15, -0.1) is 0 Å². The van der Waals surface area contributed by atoms with Crippen LogP contribution in [0, 0.1) is 0 Å². The summed E-state index contributed by atoms with van der Waals surface area (Å²) in [5.41, 5.74) is 7.08. The normalized spacial score (nSPS) is 25.5. The van der Waals surface area contributed by atoms with Crippen LogP contribution in [0.2, 0.25) is 5.02 Å². The molecule has 0 bridgehead atoms. The maximum absolute atomic E-state index is 9.47. The van der Waals surface area contributed by atoms with Gasteiger partial charge in [0.25, 0.3) is 0 Å². The minimum Gasteiger partial charge on any atom is -0.394 e. The van der Waals surface area contributed by atoms with E-state index >= 15 is 0 Å². The maximum Gasteiger partial charge on any atom is 0.0940 e. The third kappa shape index (κ3) is 4.18. The third-order valence-corrected chi connectivity index (χ3v) is 4.07. The molecular weight excluding hydrogens is 288 g/mol. The van der Waals surface area contributed by atoms with E-state index in [4.69, 9.17) is 22.1 Å². The number of nitrogens with zero attached hydrogens (tertiary/aromatic N) is 1. The lowest BCUT2D eigenvalue weighted by Crippen LogP contribution is -2.56. The summed E-state index contributed by atoms with van der Waals surface area (Å²) in [4.78, 5) is 2.30. The van der Waals surface area contributed by atoms with Crippen LogP contribution in [0.5, 0.6) is 0 Å². The minimum atomic E-state index is -0.300. The lowest BCUT2D eigenvalue weighted by molar-refractivity contribution is -0.158. The average Bonchev–Trinajstić information content (AvgIpc) is 2.39. The Morgan fingerprint density at radius 2 is 2.05 bits per heavy atom. The Morgan fingerprint density at radius 1 is 1.43 bits per heavy atom. The van der Waals surface area contributed by atoms with Crippen molar-refractivity contribution in [3.8, 4) is 0 Å². The first-order valence-corrected chi connectivity index (χ1v) is 7.74. The molecule has 5 heteroatoms. The van der Waals surface area contributed by atoms with Crippen LogP contribution in [0.4, 0.5) is 0 Å². The van der Waals surface area contributed by atoms with Gasteiger partial charge in [0, 0.05) is 30.2 Å². The SMILES string of the molecule is CC(N)C(c1ccc(Cl)cc1)N1CC(CO)OC(C)(C)C1. The Morgan fingerprint density at radius 3 is 2.57 bits per heavy atom. The molecule has 2 rings (SSSR count). The molecule has 0 aliphatic carbocycles. The zero-order valence-electron chi connectivity index (χ0n) is 12.9. The summed E-state index contributed by atoms with van der Waals surface area (Å²) < 4.78 is 5.88. The standard InChI is InChI=1S/C16H25ClN2O2/c1-11(18)15(12-4-6-13(17)7-5-12)19-8-14(9-20)21-16(2,3)10-19/h4-7,11,14-15,20H,8-10,18H2,1-3H3. The molecule has 118 valence electrons. The summed E-state index contributed by atoms with van der Waals surface area (Å²) in [5.74, 6) is 0. The second-order valence-corrected chi connectivity index (χ2v) is 6.90. The van der Waals surface area contributed by atoms with Gasteiger partial charge in [-0.1, -0.05) is 23.7 Å². The number of morpholine rings is 1. The van der Waals surface area contributed by atoms with E-state index in [1.165, 1.54) is 0 Å². The fourth-order valence-corrected chi connectivity index (χ4v) is 3.28. The van der Waals surface area contributed by atoms with Gasteiger partial charge in [-0.2, -0.15) is 0 Å². The molecular formula is C16H25ClN2O2. The molecule has 0 aromatic heterocycles. The van der Waals surface area contributed by atoms with Crippen LogP contribution in [0.15, 0.2) is 24.3 Å². The highest BCUT2D eigenvalue weighted by molar-refractivity contribution is 6.30. The Kier molecular flexibility index (Phi) is 5.28. The van der Waals surface area contributed by atoms with Crippen molar-refractivity contribution in [1.82, 2.24) is 4.90 Å². The van der Waals surface area contributed by atoms with Crippen LogP contribution in [-0.4, -0.2) is 47.4 Å². The van der Waals surface area contributed by atoms with Crippen molar-refractivity contribution >= 4 is 11.6 Å². The van der Waals surface area contributed by atoms with Crippen LogP contribution in [0.25, 0.3) is 0 Å². The Hall–Kier alpha value is -0.650. The molecule has 1 aromatic rings. The van der Waals surface area contributed by atoms with Gasteiger partial charge in [-0.05, 0) is 38.5 Å². The van der Waals surface area contributed by atoms with Crippen LogP contribution < -0.4 is 5.73 Å². The quantitative estimate of drug-likeness (QED) is 0.895. The van der Waals surface area contributed by atoms with Gasteiger partial charge >= 0.3 is 0 Å². The predicted octanol–water partition coefficient (Wildman–Crippen LogP) is 2.20. The van der Waals surface area contributed by atoms with Crippen molar-refractivity contribution in [2.75, 3.05) is 19.7 Å². The summed E-state index contributed by atoms with van der Waals surface area (Å²) in [6.45, 7) is 7.57. The number of ether oxygens (including phenoxy) is 1. The van der Waals surface area contributed by atoms with E-state index in [1.54, 1.807) is 0 Å². The summed E-state index contributed by atoms with van der Waals surface area (Å²) in [5, 5.41) is 10.2. The fourth-order valence-electron chi connectivity index (χ4n) is 3.15. The lowest BCUT2D eigenvalue weighted by atomic mass is 9.95. The number of rotatable bonds is 4. The number of nitrogens with two attached hydrogens (primary N) is 1. The molecule has 0 amide bonds. The molecule has 0 spiro atoms. The molecule has 4 nitrogen and oxygen atoms in total. The maximum atomic E-state index is 9.47. The van der Waals surface area contributed by atoms with Crippen molar-refractivity contribution in [2.24, 2.45) is 5.73 Å². The summed E-state index contributed by atoms with van der Waals surface area (Å²) in [6, 6.07) is 7.88. The number of aliphatic hydroxyl groups is 1. The summed E-state index contributed by atoms with van der Waals surface area (Å²) >= 11 is 5.97. The summed E-state index contributed by atoms with van der Waals surface area (Å²) in [6.07, 6.45) is -0.178. The van der Waals surface area contributed by atoms with E-state index in [0.717, 1.165) is 17.1 Å². The third-order valence-electron chi connectivity index (χ3n) is 3.81. The number of halogens is 1. The first kappa shape index (κ1) is 16.7. The molecule has 3 N–H and O–H groups in total. The molecule has 3 atom stereocenters. The van der Waals surface area contributed by atoms with Crippen LogP contribution in [0.3, 0.4) is 0 Å². The number of benzene rings is 1. The summed E-state index contributed by atoms with van der Waals surface area (Å²) in [7, 11) is 0. The van der Waals surface area contributed by atoms with E-state index in [1.807, 2.05) is 45.0 Å². The Bertz CT molecular complexity index is 462. The molecule has 1 aliphatic heterocycles. The second kappa shape index (κ2) is 6.63. The molecule has 1 saturated heterocycles. The minimum absolute atomic E-state index is 0.0201. The van der Waals surface area contributed by atoms with Crippen molar-refractivity contribution in [3.63, 3.8) is 0 Å². The van der Waals surface area contributed by atoms with Gasteiger partial charge in [0.2, 0.25) is 0 Å². The van der Waals surface area contributed by atoms with E-state index in [2.05, 4.69) is 4.90 Å². The van der Waals surface area contributed by atoms with Gasteiger partial charge in [0.05, 0.1) is 18.3 Å². The van der Waals surface area contributed by atoms with Gasteiger partial charge in [-0.25, -0.2) is 0 Å². The molecule has 1 heterocycles. The zero-order valence-corrected chi connectivity index (χ0v) is 13.7. The Balaban J connectivity index is 2.27. The van der Waals surface area contributed by atoms with E-state index in [0.29, 0.717) is 6.54 Å². The highest BCUT2D eigenvalue weighted by Gasteiger charge is 2.37. The van der Waals surface area contributed by atoms with Crippen molar-refractivity contribution in [3.05, 3.63) is 34.9 Å². The molecule has 0 radical (unpaired) electrons. The van der Waals surface area contributed by atoms with Crippen molar-refractivity contribution < 1.29 is 9.84 Å². The first-order chi connectivity index (χ1) is 9.82. The molecule has 21 heavy (non-hydrogen) atoms. The second-order valence-electron chi connectivity index (χ2n) is 6.47. The van der Waals surface area contributed by atoms with Gasteiger partial charge in [0.15, 0.2) is 0 Å². The molecule has 0 saturated carbocycles. The zero-order chi connectivity index (χ0) is 15.6. The van der Waals surface area contributed by atoms with Crippen LogP contribution in [0.1, 0.15) is 32.4 Å². The van der Waals surface area contributed by atoms with Crippen LogP contribution in [-0.2, 0) is 4.74 Å². The number of hydrogen-bond acceptors (Lipinski definition) is 4. The van der Waals surface area contributed by atoms with E-state index < -0.39 is 0 Å². The molecule has 1 aromatic carbocycles. The van der Waals surface area contributed by atoms with Crippen LogP contribution >= 0.6 is 11.6 Å². The van der Waals surface area contributed by atoms with Crippen molar-refractivity contribution in [2.45, 2.75) is 44.6 Å². The number of aliphatic hydroxyl groups excluding tert-OH is 1. The highest BCUT2D eigenvalue weighted by atomic mass is 35.5. The smallest absolute Gasteiger partial charge is 0.0940 e. The fraction of sp³-hybridized carbons (Fsp3) is 0.625. The molecule has 1 fully saturated rings. The van der Waals surface area contributed by atoms with Crippen molar-refractivity contribution in [1.29, 1.82) is 0 Å². The highest BCUT2D eigenvalue weighted by Crippen LogP contribution is 2.31. The number of hydrogen-bond donors (Lipinski definition) is 2. The largest absolute Gasteiger partial charge is 0.394 e. The Labute approximate surface area is 131 Å². The lowest BCUT2D eigenvalue weighted by Gasteiger charge is -2.46. The predicted molar refractivity (Wildman–Crippen MR) is 85.5 cm³/mol. The van der Waals surface area contributed by atoms with Gasteiger partial charge in [0.1, 0.15) is 0 Å². The van der Waals surface area contributed by atoms with Gasteiger partial charge < -0.3 is 15.6 Å². The van der Waals surface area contributed by atoms with E-state index in [9.17, 15) is 5.11 Å².